The third kappa shape index (κ3) is 8.78. The van der Waals surface area contributed by atoms with Gasteiger partial charge in [-0.05, 0) is 85.9 Å². The number of carbonyl (C=O) groups excluding carboxylic acids is 3. The van der Waals surface area contributed by atoms with E-state index < -0.39 is 64.1 Å². The Morgan fingerprint density at radius 3 is 1.69 bits per heavy atom. The molecule has 0 aromatic heterocycles. The Hall–Kier alpha value is -2.94. The van der Waals surface area contributed by atoms with Crippen molar-refractivity contribution in [2.75, 3.05) is 0 Å². The maximum atomic E-state index is 13.0. The fraction of sp³-hybridized carbons (Fsp3) is 0.667. The minimum absolute atomic E-state index is 0.0200. The van der Waals surface area contributed by atoms with E-state index >= 15 is 0 Å². The maximum absolute atomic E-state index is 13.0. The molecule has 0 saturated carbocycles. The van der Waals surface area contributed by atoms with Crippen LogP contribution in [0.4, 0.5) is 0 Å². The maximum Gasteiger partial charge on any atom is 0.321 e. The zero-order valence-electron chi connectivity index (χ0n) is 25.3. The Bertz CT molecular complexity index is 1050. The summed E-state index contributed by atoms with van der Waals surface area (Å²) < 4.78 is 17.0. The molecule has 0 saturated heterocycles. The molecule has 3 unspecified atom stereocenters. The zero-order valence-corrected chi connectivity index (χ0v) is 25.3. The van der Waals surface area contributed by atoms with Crippen molar-refractivity contribution in [1.29, 1.82) is 0 Å². The van der Waals surface area contributed by atoms with Gasteiger partial charge in [0.15, 0.2) is 11.5 Å². The summed E-state index contributed by atoms with van der Waals surface area (Å²) >= 11 is 0. The van der Waals surface area contributed by atoms with E-state index in [4.69, 9.17) is 19.9 Å². The molecule has 1 aromatic carbocycles. The van der Waals surface area contributed by atoms with Crippen molar-refractivity contribution < 1.29 is 38.5 Å². The third-order valence-corrected chi connectivity index (χ3v) is 7.52. The average molecular weight is 550 g/mol. The van der Waals surface area contributed by atoms with Crippen LogP contribution in [-0.4, -0.2) is 41.1 Å². The second-order valence-electron chi connectivity index (χ2n) is 12.6. The highest BCUT2D eigenvalue weighted by molar-refractivity contribution is 5.82. The number of carboxylic acids is 1. The van der Waals surface area contributed by atoms with Crippen LogP contribution in [-0.2, 0) is 23.9 Å². The van der Waals surface area contributed by atoms with Crippen molar-refractivity contribution in [2.24, 2.45) is 27.9 Å². The van der Waals surface area contributed by atoms with E-state index in [1.807, 2.05) is 13.8 Å². The van der Waals surface area contributed by atoms with E-state index in [9.17, 15) is 24.3 Å². The second kappa shape index (κ2) is 12.9. The summed E-state index contributed by atoms with van der Waals surface area (Å²) in [5, 5.41) is 9.81. The molecule has 0 spiro atoms. The summed E-state index contributed by atoms with van der Waals surface area (Å²) in [5.41, 5.74) is 4.24. The van der Waals surface area contributed by atoms with Crippen molar-refractivity contribution >= 4 is 23.9 Å². The fourth-order valence-electron chi connectivity index (χ4n) is 3.40. The molecule has 9 nitrogen and oxygen atoms in total. The number of hydrogen-bond donors (Lipinski definition) is 2. The van der Waals surface area contributed by atoms with Gasteiger partial charge in [0, 0.05) is 11.8 Å². The predicted molar refractivity (Wildman–Crippen MR) is 148 cm³/mol. The lowest BCUT2D eigenvalue weighted by Crippen LogP contribution is -2.43. The predicted octanol–water partition coefficient (Wildman–Crippen LogP) is 5.48. The zero-order chi connectivity index (χ0) is 30.5. The van der Waals surface area contributed by atoms with Gasteiger partial charge in [-0.1, -0.05) is 26.8 Å². The van der Waals surface area contributed by atoms with Crippen LogP contribution in [0.5, 0.6) is 11.5 Å². The Labute approximate surface area is 232 Å². The van der Waals surface area contributed by atoms with Crippen molar-refractivity contribution in [2.45, 2.75) is 107 Å². The van der Waals surface area contributed by atoms with Gasteiger partial charge >= 0.3 is 23.9 Å². The van der Waals surface area contributed by atoms with Gasteiger partial charge in [-0.25, -0.2) is 0 Å². The Kier molecular flexibility index (Phi) is 11.3. The van der Waals surface area contributed by atoms with Crippen molar-refractivity contribution in [1.82, 2.24) is 0 Å². The van der Waals surface area contributed by atoms with Crippen LogP contribution in [0, 0.1) is 22.2 Å². The van der Waals surface area contributed by atoms with Crippen LogP contribution >= 0.6 is 0 Å². The number of ether oxygens (including phenoxy) is 3. The fourth-order valence-corrected chi connectivity index (χ4v) is 3.40. The minimum Gasteiger partial charge on any atom is -0.480 e. The number of benzene rings is 1. The van der Waals surface area contributed by atoms with E-state index in [1.54, 1.807) is 68.4 Å². The van der Waals surface area contributed by atoms with Gasteiger partial charge in [0.2, 0.25) is 0 Å². The van der Waals surface area contributed by atoms with E-state index in [0.29, 0.717) is 18.4 Å². The molecule has 0 heterocycles. The monoisotopic (exact) mass is 549 g/mol. The van der Waals surface area contributed by atoms with Crippen LogP contribution in [0.25, 0.3) is 0 Å². The molecule has 0 radical (unpaired) electrons. The van der Waals surface area contributed by atoms with Gasteiger partial charge in [0.1, 0.15) is 12.1 Å². The quantitative estimate of drug-likeness (QED) is 0.256. The largest absolute Gasteiger partial charge is 0.480 e. The number of hydrogen-bond acceptors (Lipinski definition) is 8. The molecule has 9 heteroatoms. The minimum atomic E-state index is -1.36. The molecular weight excluding hydrogens is 502 g/mol. The SMILES string of the molecule is CCC(C)(C)C(=O)Oc1ccc(C(C(C)C(C)OC(=O)C(C)(C)C)[C@H](N)C(=O)O)cc1OC(=O)C(C)(C)CC. The molecular formula is C30H47NO8. The summed E-state index contributed by atoms with van der Waals surface area (Å²) in [7, 11) is 0. The molecule has 4 atom stereocenters. The lowest BCUT2D eigenvalue weighted by molar-refractivity contribution is -0.160. The molecule has 0 aliphatic carbocycles. The van der Waals surface area contributed by atoms with Gasteiger partial charge in [0.25, 0.3) is 0 Å². The summed E-state index contributed by atoms with van der Waals surface area (Å²) in [5.74, 6) is -4.06. The smallest absolute Gasteiger partial charge is 0.321 e. The molecule has 0 amide bonds. The molecule has 220 valence electrons. The molecule has 1 aromatic rings. The van der Waals surface area contributed by atoms with Gasteiger partial charge in [-0.15, -0.1) is 0 Å². The molecule has 0 aliphatic heterocycles. The van der Waals surface area contributed by atoms with E-state index in [0.717, 1.165) is 0 Å². The highest BCUT2D eigenvalue weighted by Crippen LogP contribution is 2.39. The summed E-state index contributed by atoms with van der Waals surface area (Å²) in [4.78, 5) is 50.4. The Morgan fingerprint density at radius 2 is 1.28 bits per heavy atom. The number of esters is 3. The van der Waals surface area contributed by atoms with Gasteiger partial charge in [-0.3, -0.25) is 19.2 Å². The molecule has 0 bridgehead atoms. The number of aliphatic carboxylic acids is 1. The topological polar surface area (TPSA) is 142 Å². The third-order valence-electron chi connectivity index (χ3n) is 7.52. The van der Waals surface area contributed by atoms with Crippen LogP contribution < -0.4 is 15.2 Å². The van der Waals surface area contributed by atoms with Gasteiger partial charge < -0.3 is 25.1 Å². The van der Waals surface area contributed by atoms with Crippen LogP contribution in [0.15, 0.2) is 18.2 Å². The van der Waals surface area contributed by atoms with E-state index in [2.05, 4.69) is 0 Å². The lowest BCUT2D eigenvalue weighted by atomic mass is 9.79. The average Bonchev–Trinajstić information content (AvgIpc) is 2.84. The Balaban J connectivity index is 3.64. The first-order valence-corrected chi connectivity index (χ1v) is 13.5. The summed E-state index contributed by atoms with van der Waals surface area (Å²) in [6.45, 7) is 19.3. The van der Waals surface area contributed by atoms with Crippen molar-refractivity contribution in [3.8, 4) is 11.5 Å². The van der Waals surface area contributed by atoms with Crippen LogP contribution in [0.3, 0.4) is 0 Å². The first-order chi connectivity index (χ1) is 17.7. The molecule has 39 heavy (non-hydrogen) atoms. The molecule has 0 fully saturated rings. The first-order valence-electron chi connectivity index (χ1n) is 13.5. The first kappa shape index (κ1) is 34.1. The van der Waals surface area contributed by atoms with Crippen LogP contribution in [0.1, 0.15) is 100 Å². The van der Waals surface area contributed by atoms with Crippen LogP contribution in [0.2, 0.25) is 0 Å². The van der Waals surface area contributed by atoms with Crippen molar-refractivity contribution in [3.63, 3.8) is 0 Å². The van der Waals surface area contributed by atoms with Gasteiger partial charge in [0.05, 0.1) is 16.2 Å². The standard InChI is InChI=1S/C30H47NO8/c1-12-29(8,9)26(35)38-20-15-14-19(16-21(20)39-27(36)30(10,11)13-2)22(23(31)24(32)33)17(3)18(4)37-25(34)28(5,6)7/h14-18,22-23H,12-13,31H2,1-11H3,(H,32,33)/t17?,18?,22?,23-/m0/s1. The summed E-state index contributed by atoms with van der Waals surface area (Å²) in [6, 6.07) is 3.18. The molecule has 3 N–H and O–H groups in total. The highest BCUT2D eigenvalue weighted by Gasteiger charge is 2.38. The van der Waals surface area contributed by atoms with E-state index in [-0.39, 0.29) is 11.5 Å². The van der Waals surface area contributed by atoms with Crippen molar-refractivity contribution in [3.05, 3.63) is 23.8 Å². The number of nitrogens with two attached hydrogens (primary N) is 1. The number of rotatable bonds is 12. The normalized spacial score (nSPS) is 15.5. The number of carbonyl (C=O) groups is 4. The highest BCUT2D eigenvalue weighted by atomic mass is 16.6. The second-order valence-corrected chi connectivity index (χ2v) is 12.6. The van der Waals surface area contributed by atoms with E-state index in [1.165, 1.54) is 12.1 Å². The Morgan fingerprint density at radius 1 is 0.821 bits per heavy atom. The lowest BCUT2D eigenvalue weighted by Gasteiger charge is -2.33. The van der Waals surface area contributed by atoms with Gasteiger partial charge in [-0.2, -0.15) is 0 Å². The summed E-state index contributed by atoms with van der Waals surface area (Å²) in [6.07, 6.45) is 0.351. The number of carboxylic acid groups (broad SMARTS) is 1. The molecule has 0 aliphatic rings. The molecule has 1 rings (SSSR count).